The molecule has 2 unspecified atom stereocenters. The first kappa shape index (κ1) is 13.0. The lowest BCUT2D eigenvalue weighted by Gasteiger charge is -2.26. The Hall–Kier alpha value is -1.02. The quantitative estimate of drug-likeness (QED) is 0.825. The van der Waals surface area contributed by atoms with Crippen molar-refractivity contribution >= 4 is 5.69 Å². The molecule has 2 atom stereocenters. The number of nitrogens with zero attached hydrogens (tertiary/aromatic N) is 1. The van der Waals surface area contributed by atoms with Gasteiger partial charge < -0.3 is 10.0 Å². The highest BCUT2D eigenvalue weighted by molar-refractivity contribution is 5.53. The van der Waals surface area contributed by atoms with Gasteiger partial charge in [-0.2, -0.15) is 0 Å². The maximum absolute atomic E-state index is 9.72. The monoisotopic (exact) mass is 221 g/mol. The number of anilines is 1. The summed E-state index contributed by atoms with van der Waals surface area (Å²) in [6.07, 6.45) is 0.775. The van der Waals surface area contributed by atoms with Crippen molar-refractivity contribution in [2.45, 2.75) is 33.3 Å². The fourth-order valence-corrected chi connectivity index (χ4v) is 1.88. The fourth-order valence-electron chi connectivity index (χ4n) is 1.88. The number of rotatable bonds is 5. The topological polar surface area (TPSA) is 23.5 Å². The average molecular weight is 221 g/mol. The van der Waals surface area contributed by atoms with Crippen molar-refractivity contribution in [3.8, 4) is 0 Å². The Morgan fingerprint density at radius 2 is 1.88 bits per heavy atom. The SMILES string of the molecule is CCC(C)CN(C)c1ccccc1C(C)O. The molecule has 0 aliphatic carbocycles. The molecule has 2 nitrogen and oxygen atoms in total. The minimum absolute atomic E-state index is 0.407. The van der Waals surface area contributed by atoms with Crippen LogP contribution in [-0.4, -0.2) is 18.7 Å². The average Bonchev–Trinajstić information content (AvgIpc) is 2.28. The van der Waals surface area contributed by atoms with Gasteiger partial charge in [0.2, 0.25) is 0 Å². The van der Waals surface area contributed by atoms with E-state index in [1.54, 1.807) is 0 Å². The molecule has 0 spiro atoms. The molecule has 0 bridgehead atoms. The standard InChI is InChI=1S/C14H23NO/c1-5-11(2)10-15(4)14-9-7-6-8-13(14)12(3)16/h6-9,11-12,16H,5,10H2,1-4H3. The molecule has 0 fully saturated rings. The van der Waals surface area contributed by atoms with Crippen molar-refractivity contribution in [2.75, 3.05) is 18.5 Å². The van der Waals surface area contributed by atoms with Gasteiger partial charge in [-0.25, -0.2) is 0 Å². The summed E-state index contributed by atoms with van der Waals surface area (Å²) in [5.41, 5.74) is 2.14. The zero-order valence-corrected chi connectivity index (χ0v) is 10.8. The molecule has 0 saturated carbocycles. The number of hydrogen-bond acceptors (Lipinski definition) is 2. The Labute approximate surface area is 98.9 Å². The third-order valence-corrected chi connectivity index (χ3v) is 3.08. The van der Waals surface area contributed by atoms with Crippen molar-refractivity contribution in [3.63, 3.8) is 0 Å². The second kappa shape index (κ2) is 5.90. The molecule has 0 amide bonds. The van der Waals surface area contributed by atoms with Gasteiger partial charge in [0, 0.05) is 24.8 Å². The largest absolute Gasteiger partial charge is 0.389 e. The molecular formula is C14H23NO. The van der Waals surface area contributed by atoms with Gasteiger partial charge in [-0.3, -0.25) is 0 Å². The second-order valence-corrected chi connectivity index (χ2v) is 4.63. The highest BCUT2D eigenvalue weighted by atomic mass is 16.3. The maximum atomic E-state index is 9.72. The van der Waals surface area contributed by atoms with E-state index in [1.165, 1.54) is 6.42 Å². The zero-order valence-electron chi connectivity index (χ0n) is 10.8. The Balaban J connectivity index is 2.85. The first-order chi connectivity index (χ1) is 7.56. The number of hydrogen-bond donors (Lipinski definition) is 1. The molecule has 0 aliphatic heterocycles. The van der Waals surface area contributed by atoms with Crippen LogP contribution in [0.5, 0.6) is 0 Å². The summed E-state index contributed by atoms with van der Waals surface area (Å²) in [6, 6.07) is 8.06. The second-order valence-electron chi connectivity index (χ2n) is 4.63. The molecule has 0 aliphatic rings. The van der Waals surface area contributed by atoms with Gasteiger partial charge in [0.15, 0.2) is 0 Å². The van der Waals surface area contributed by atoms with Crippen molar-refractivity contribution in [2.24, 2.45) is 5.92 Å². The molecule has 16 heavy (non-hydrogen) atoms. The van der Waals surface area contributed by atoms with Gasteiger partial charge in [-0.05, 0) is 18.9 Å². The van der Waals surface area contributed by atoms with Crippen molar-refractivity contribution < 1.29 is 5.11 Å². The van der Waals surface area contributed by atoms with Gasteiger partial charge in [0.25, 0.3) is 0 Å². The van der Waals surface area contributed by atoms with Crippen molar-refractivity contribution in [1.82, 2.24) is 0 Å². The molecule has 1 aromatic rings. The van der Waals surface area contributed by atoms with E-state index < -0.39 is 6.10 Å². The third-order valence-electron chi connectivity index (χ3n) is 3.08. The Morgan fingerprint density at radius 3 is 2.44 bits per heavy atom. The van der Waals surface area contributed by atoms with Gasteiger partial charge in [0.1, 0.15) is 0 Å². The summed E-state index contributed by atoms with van der Waals surface area (Å²) >= 11 is 0. The third kappa shape index (κ3) is 3.24. The zero-order chi connectivity index (χ0) is 12.1. The van der Waals surface area contributed by atoms with E-state index in [-0.39, 0.29) is 0 Å². The lowest BCUT2D eigenvalue weighted by Crippen LogP contribution is -2.24. The van der Waals surface area contributed by atoms with Gasteiger partial charge in [-0.15, -0.1) is 0 Å². The van der Waals surface area contributed by atoms with Crippen LogP contribution in [0.3, 0.4) is 0 Å². The lowest BCUT2D eigenvalue weighted by atomic mass is 10.1. The Morgan fingerprint density at radius 1 is 1.25 bits per heavy atom. The number of benzene rings is 1. The summed E-state index contributed by atoms with van der Waals surface area (Å²) < 4.78 is 0. The lowest BCUT2D eigenvalue weighted by molar-refractivity contribution is 0.199. The predicted octanol–water partition coefficient (Wildman–Crippen LogP) is 3.22. The van der Waals surface area contributed by atoms with Crippen LogP contribution in [0.25, 0.3) is 0 Å². The van der Waals surface area contributed by atoms with Crippen LogP contribution in [0.2, 0.25) is 0 Å². The summed E-state index contributed by atoms with van der Waals surface area (Å²) in [7, 11) is 2.09. The highest BCUT2D eigenvalue weighted by Gasteiger charge is 2.12. The molecule has 0 saturated heterocycles. The van der Waals surface area contributed by atoms with E-state index in [0.29, 0.717) is 5.92 Å². The van der Waals surface area contributed by atoms with Gasteiger partial charge in [-0.1, -0.05) is 38.5 Å². The van der Waals surface area contributed by atoms with Crippen LogP contribution in [0.15, 0.2) is 24.3 Å². The maximum Gasteiger partial charge on any atom is 0.0781 e. The fraction of sp³-hybridized carbons (Fsp3) is 0.571. The molecule has 0 aromatic heterocycles. The summed E-state index contributed by atoms with van der Waals surface area (Å²) in [6.45, 7) is 7.30. The summed E-state index contributed by atoms with van der Waals surface area (Å²) in [4.78, 5) is 2.23. The molecule has 1 N–H and O–H groups in total. The molecule has 2 heteroatoms. The van der Waals surface area contributed by atoms with E-state index in [1.807, 2.05) is 25.1 Å². The van der Waals surface area contributed by atoms with E-state index in [4.69, 9.17) is 0 Å². The Kier molecular flexibility index (Phi) is 4.81. The first-order valence-electron chi connectivity index (χ1n) is 6.04. The highest BCUT2D eigenvalue weighted by Crippen LogP contribution is 2.25. The van der Waals surface area contributed by atoms with Crippen LogP contribution in [0, 0.1) is 5.92 Å². The number of aliphatic hydroxyl groups excluding tert-OH is 1. The van der Waals surface area contributed by atoms with Gasteiger partial charge in [0.05, 0.1) is 6.10 Å². The smallest absolute Gasteiger partial charge is 0.0781 e. The van der Waals surface area contributed by atoms with Crippen LogP contribution in [-0.2, 0) is 0 Å². The van der Waals surface area contributed by atoms with Crippen molar-refractivity contribution in [1.29, 1.82) is 0 Å². The van der Waals surface area contributed by atoms with Gasteiger partial charge >= 0.3 is 0 Å². The Bertz CT molecular complexity index is 322. The molecule has 0 radical (unpaired) electrons. The number of aliphatic hydroxyl groups is 1. The minimum atomic E-state index is -0.407. The van der Waals surface area contributed by atoms with E-state index in [2.05, 4.69) is 31.9 Å². The van der Waals surface area contributed by atoms with E-state index in [9.17, 15) is 5.11 Å². The van der Waals surface area contributed by atoms with E-state index >= 15 is 0 Å². The molecule has 0 heterocycles. The molecule has 1 rings (SSSR count). The number of para-hydroxylation sites is 1. The normalized spacial score (nSPS) is 14.6. The summed E-state index contributed by atoms with van der Waals surface area (Å²) in [5.74, 6) is 0.673. The van der Waals surface area contributed by atoms with E-state index in [0.717, 1.165) is 17.8 Å². The molecule has 90 valence electrons. The summed E-state index contributed by atoms with van der Waals surface area (Å²) in [5, 5.41) is 9.72. The van der Waals surface area contributed by atoms with Crippen LogP contribution in [0.1, 0.15) is 38.9 Å². The minimum Gasteiger partial charge on any atom is -0.389 e. The van der Waals surface area contributed by atoms with Crippen molar-refractivity contribution in [3.05, 3.63) is 29.8 Å². The van der Waals surface area contributed by atoms with Crippen LogP contribution < -0.4 is 4.90 Å². The van der Waals surface area contributed by atoms with Crippen LogP contribution >= 0.6 is 0 Å². The first-order valence-corrected chi connectivity index (χ1v) is 6.04. The predicted molar refractivity (Wildman–Crippen MR) is 69.8 cm³/mol. The van der Waals surface area contributed by atoms with Crippen LogP contribution in [0.4, 0.5) is 5.69 Å². The molecular weight excluding hydrogens is 198 g/mol. The molecule has 1 aromatic carbocycles.